The molecule has 130 valence electrons. The average Bonchev–Trinajstić information content (AvgIpc) is 3.38. The van der Waals surface area contributed by atoms with Gasteiger partial charge in [0.25, 0.3) is 0 Å². The first kappa shape index (κ1) is 15.3. The molecule has 0 unspecified atom stereocenters. The molecule has 27 heavy (non-hydrogen) atoms. The molecule has 0 aliphatic rings. The normalized spacial score (nSPS) is 11.1. The van der Waals surface area contributed by atoms with Gasteiger partial charge in [-0.05, 0) is 30.3 Å². The van der Waals surface area contributed by atoms with Gasteiger partial charge in [0.2, 0.25) is 0 Å². The third-order valence-corrected chi connectivity index (χ3v) is 4.36. The van der Waals surface area contributed by atoms with Crippen LogP contribution in [0.5, 0.6) is 0 Å². The fraction of sp³-hybridized carbons (Fsp3) is 0. The lowest BCUT2D eigenvalue weighted by Gasteiger charge is -2.06. The van der Waals surface area contributed by atoms with E-state index in [0.717, 1.165) is 34.0 Å². The van der Waals surface area contributed by atoms with E-state index in [1.807, 2.05) is 70.0 Å². The molecular weight excluding hydrogens is 338 g/mol. The average molecular weight is 353 g/mol. The van der Waals surface area contributed by atoms with Crippen LogP contribution in [0.2, 0.25) is 0 Å². The molecule has 0 aliphatic heterocycles. The molecule has 2 N–H and O–H groups in total. The molecule has 0 spiro atoms. The van der Waals surface area contributed by atoms with Gasteiger partial charge in [-0.25, -0.2) is 19.9 Å². The van der Waals surface area contributed by atoms with Gasteiger partial charge in [0.15, 0.2) is 5.82 Å². The van der Waals surface area contributed by atoms with Crippen molar-refractivity contribution in [1.29, 1.82) is 0 Å². The number of aromatic nitrogens is 6. The minimum absolute atomic E-state index is 0.636. The molecule has 7 heteroatoms. The van der Waals surface area contributed by atoms with Crippen molar-refractivity contribution in [3.05, 3.63) is 79.8 Å². The zero-order chi connectivity index (χ0) is 18.2. The van der Waals surface area contributed by atoms with Crippen molar-refractivity contribution in [3.8, 4) is 28.5 Å². The third-order valence-electron chi connectivity index (χ3n) is 4.36. The number of anilines is 1. The number of nitrogens with zero attached hydrogens (tertiary/aromatic N) is 6. The van der Waals surface area contributed by atoms with E-state index in [9.17, 15) is 0 Å². The molecule has 0 saturated heterocycles. The monoisotopic (exact) mass is 353 g/mol. The van der Waals surface area contributed by atoms with Gasteiger partial charge in [0, 0.05) is 41.6 Å². The number of nitrogen functional groups attached to an aromatic ring is 1. The van der Waals surface area contributed by atoms with Gasteiger partial charge in [-0.1, -0.05) is 12.1 Å². The van der Waals surface area contributed by atoms with Crippen LogP contribution >= 0.6 is 0 Å². The van der Waals surface area contributed by atoms with Crippen molar-refractivity contribution in [2.45, 2.75) is 0 Å². The second-order valence-electron chi connectivity index (χ2n) is 6.12. The molecule has 0 atom stereocenters. The highest BCUT2D eigenvalue weighted by atomic mass is 15.1. The van der Waals surface area contributed by atoms with E-state index in [2.05, 4.69) is 19.9 Å². The fourth-order valence-electron chi connectivity index (χ4n) is 3.06. The van der Waals surface area contributed by atoms with Crippen molar-refractivity contribution in [2.24, 2.45) is 0 Å². The summed E-state index contributed by atoms with van der Waals surface area (Å²) in [4.78, 5) is 17.6. The van der Waals surface area contributed by atoms with Gasteiger partial charge in [0.1, 0.15) is 17.8 Å². The third kappa shape index (κ3) is 2.71. The predicted octanol–water partition coefficient (Wildman–Crippen LogP) is 3.23. The van der Waals surface area contributed by atoms with E-state index < -0.39 is 0 Å². The number of nitrogens with two attached hydrogens (primary N) is 1. The van der Waals surface area contributed by atoms with Crippen LogP contribution < -0.4 is 5.73 Å². The summed E-state index contributed by atoms with van der Waals surface area (Å²) in [5.41, 5.74) is 10.4. The molecular formula is C20H15N7. The van der Waals surface area contributed by atoms with Crippen LogP contribution in [0, 0.1) is 0 Å². The fourth-order valence-corrected chi connectivity index (χ4v) is 3.06. The molecule has 4 aromatic heterocycles. The smallest absolute Gasteiger partial charge is 0.161 e. The Bertz CT molecular complexity index is 1240. The highest BCUT2D eigenvalue weighted by Gasteiger charge is 2.10. The lowest BCUT2D eigenvalue weighted by molar-refractivity contribution is 0.975. The predicted molar refractivity (Wildman–Crippen MR) is 103 cm³/mol. The second-order valence-corrected chi connectivity index (χ2v) is 6.12. The highest BCUT2D eigenvalue weighted by molar-refractivity contribution is 5.70. The molecule has 5 rings (SSSR count). The van der Waals surface area contributed by atoms with Crippen LogP contribution in [0.25, 0.3) is 34.1 Å². The molecule has 5 aromatic rings. The first-order valence-electron chi connectivity index (χ1n) is 8.43. The van der Waals surface area contributed by atoms with Crippen LogP contribution in [0.1, 0.15) is 0 Å². The lowest BCUT2D eigenvalue weighted by Crippen LogP contribution is -1.98. The molecule has 4 heterocycles. The lowest BCUT2D eigenvalue weighted by atomic mass is 10.1. The van der Waals surface area contributed by atoms with Gasteiger partial charge in [0.05, 0.1) is 11.9 Å². The van der Waals surface area contributed by atoms with Crippen molar-refractivity contribution in [2.75, 3.05) is 5.73 Å². The Hall–Kier alpha value is -4.00. The van der Waals surface area contributed by atoms with Gasteiger partial charge in [-0.15, -0.1) is 0 Å². The summed E-state index contributed by atoms with van der Waals surface area (Å²) in [6.45, 7) is 0. The molecule has 0 fully saturated rings. The van der Waals surface area contributed by atoms with Gasteiger partial charge in [-0.3, -0.25) is 8.97 Å². The van der Waals surface area contributed by atoms with E-state index >= 15 is 0 Å². The summed E-state index contributed by atoms with van der Waals surface area (Å²) in [6, 6.07) is 13.6. The van der Waals surface area contributed by atoms with Crippen LogP contribution in [0.3, 0.4) is 0 Å². The summed E-state index contributed by atoms with van der Waals surface area (Å²) >= 11 is 0. The van der Waals surface area contributed by atoms with Crippen molar-refractivity contribution < 1.29 is 0 Å². The first-order chi connectivity index (χ1) is 13.3. The number of fused-ring (bicyclic) bond motifs is 1. The molecule has 0 bridgehead atoms. The molecule has 7 nitrogen and oxygen atoms in total. The van der Waals surface area contributed by atoms with Gasteiger partial charge >= 0.3 is 0 Å². The number of hydrogen-bond acceptors (Lipinski definition) is 5. The standard InChI is InChI=1S/C20H15N7/c21-16-3-1-2-14(10-16)17-12-24-19-11-15(5-8-27(17)19)20-23-6-4-18(25-20)26-9-7-22-13-26/h1-13H,21H2. The van der Waals surface area contributed by atoms with Gasteiger partial charge < -0.3 is 5.73 Å². The van der Waals surface area contributed by atoms with Crippen molar-refractivity contribution >= 4 is 11.3 Å². The van der Waals surface area contributed by atoms with Crippen molar-refractivity contribution in [3.63, 3.8) is 0 Å². The Kier molecular flexibility index (Phi) is 3.43. The summed E-state index contributed by atoms with van der Waals surface area (Å²) in [5, 5.41) is 0. The molecule has 1 aromatic carbocycles. The summed E-state index contributed by atoms with van der Waals surface area (Å²) in [5.74, 6) is 1.40. The maximum Gasteiger partial charge on any atom is 0.161 e. The Labute approximate surface area is 154 Å². The SMILES string of the molecule is Nc1cccc(-c2cnc3cc(-c4nccc(-n5ccnc5)n4)ccn23)c1. The summed E-state index contributed by atoms with van der Waals surface area (Å²) < 4.78 is 3.87. The zero-order valence-corrected chi connectivity index (χ0v) is 14.3. The number of pyridine rings is 1. The maximum atomic E-state index is 5.91. The number of hydrogen-bond donors (Lipinski definition) is 1. The van der Waals surface area contributed by atoms with Crippen LogP contribution in [0.15, 0.2) is 79.8 Å². The molecule has 0 amide bonds. The van der Waals surface area contributed by atoms with E-state index in [4.69, 9.17) is 5.73 Å². The van der Waals surface area contributed by atoms with Crippen LogP contribution in [-0.2, 0) is 0 Å². The second kappa shape index (κ2) is 6.06. The highest BCUT2D eigenvalue weighted by Crippen LogP contribution is 2.25. The minimum atomic E-state index is 0.636. The number of imidazole rings is 2. The Morgan fingerprint density at radius 2 is 1.85 bits per heavy atom. The topological polar surface area (TPSA) is 86.9 Å². The number of benzene rings is 1. The van der Waals surface area contributed by atoms with Gasteiger partial charge in [-0.2, -0.15) is 0 Å². The van der Waals surface area contributed by atoms with Crippen LogP contribution in [-0.4, -0.2) is 28.9 Å². The van der Waals surface area contributed by atoms with Crippen molar-refractivity contribution in [1.82, 2.24) is 28.9 Å². The minimum Gasteiger partial charge on any atom is -0.399 e. The Morgan fingerprint density at radius 3 is 2.70 bits per heavy atom. The molecule has 0 radical (unpaired) electrons. The largest absolute Gasteiger partial charge is 0.399 e. The summed E-state index contributed by atoms with van der Waals surface area (Å²) in [7, 11) is 0. The van der Waals surface area contributed by atoms with Crippen LogP contribution in [0.4, 0.5) is 5.69 Å². The van der Waals surface area contributed by atoms with E-state index in [1.54, 1.807) is 18.7 Å². The Balaban J connectivity index is 1.58. The van der Waals surface area contributed by atoms with E-state index in [-0.39, 0.29) is 0 Å². The first-order valence-corrected chi connectivity index (χ1v) is 8.43. The quantitative estimate of drug-likeness (QED) is 0.503. The summed E-state index contributed by atoms with van der Waals surface area (Å²) in [6.07, 6.45) is 10.8. The van der Waals surface area contributed by atoms with E-state index in [0.29, 0.717) is 5.82 Å². The zero-order valence-electron chi connectivity index (χ0n) is 14.3. The Morgan fingerprint density at radius 1 is 0.889 bits per heavy atom. The maximum absolute atomic E-state index is 5.91. The molecule has 0 saturated carbocycles. The number of rotatable bonds is 3. The molecule has 0 aliphatic carbocycles. The van der Waals surface area contributed by atoms with E-state index in [1.165, 1.54) is 0 Å².